The first-order valence-electron chi connectivity index (χ1n) is 3.42. The number of halogens is 1. The quantitative estimate of drug-likeness (QED) is 0.693. The fourth-order valence-corrected chi connectivity index (χ4v) is 1.02. The van der Waals surface area contributed by atoms with Gasteiger partial charge in [-0.25, -0.2) is 9.97 Å². The molecule has 0 spiro atoms. The molecular weight excluding hydrogens is 162 g/mol. The molecule has 1 N–H and O–H groups in total. The first kappa shape index (κ1) is 8.27. The summed E-state index contributed by atoms with van der Waals surface area (Å²) in [5.41, 5.74) is 1.72. The highest BCUT2D eigenvalue weighted by atomic mass is 35.5. The van der Waals surface area contributed by atoms with E-state index in [1.165, 1.54) is 6.33 Å². The highest BCUT2D eigenvalue weighted by molar-refractivity contribution is 6.24. The summed E-state index contributed by atoms with van der Waals surface area (Å²) in [4.78, 5) is 10.5. The van der Waals surface area contributed by atoms with Crippen molar-refractivity contribution in [3.63, 3.8) is 0 Å². The van der Waals surface area contributed by atoms with Crippen LogP contribution < -0.4 is 4.84 Å². The molecular formula is C7H10ClN3. The van der Waals surface area contributed by atoms with Crippen molar-refractivity contribution < 1.29 is 0 Å². The van der Waals surface area contributed by atoms with Crippen LogP contribution >= 0.6 is 11.8 Å². The lowest BCUT2D eigenvalue weighted by Gasteiger charge is -2.07. The molecule has 0 fully saturated rings. The van der Waals surface area contributed by atoms with E-state index in [4.69, 9.17) is 11.8 Å². The summed E-state index contributed by atoms with van der Waals surface area (Å²) in [5, 5.41) is 0. The van der Waals surface area contributed by atoms with E-state index < -0.39 is 0 Å². The van der Waals surface area contributed by atoms with Gasteiger partial charge in [-0.15, -0.1) is 0 Å². The highest BCUT2D eigenvalue weighted by Gasteiger charge is 2.05. The van der Waals surface area contributed by atoms with Crippen molar-refractivity contribution in [2.24, 2.45) is 0 Å². The largest absolute Gasteiger partial charge is 0.295 e. The fraction of sp³-hybridized carbons (Fsp3) is 0.429. The molecule has 0 aliphatic rings. The Morgan fingerprint density at radius 3 is 2.73 bits per heavy atom. The summed E-state index contributed by atoms with van der Waals surface area (Å²) >= 11 is 5.45. The molecule has 4 heteroatoms. The molecule has 0 amide bonds. The Labute approximate surface area is 70.9 Å². The minimum Gasteiger partial charge on any atom is -0.295 e. The van der Waals surface area contributed by atoms with Crippen LogP contribution in [0.3, 0.4) is 0 Å². The molecule has 0 saturated carbocycles. The lowest BCUT2D eigenvalue weighted by atomic mass is 10.1. The molecule has 1 aromatic heterocycles. The summed E-state index contributed by atoms with van der Waals surface area (Å²) in [6.45, 7) is 4.11. The molecule has 0 aliphatic heterocycles. The van der Waals surface area contributed by atoms with Crippen molar-refractivity contribution in [2.75, 3.05) is 4.84 Å². The van der Waals surface area contributed by atoms with Crippen molar-refractivity contribution in [1.29, 1.82) is 0 Å². The van der Waals surface area contributed by atoms with E-state index in [9.17, 15) is 0 Å². The molecule has 0 saturated heterocycles. The van der Waals surface area contributed by atoms with Crippen LogP contribution in [0.5, 0.6) is 0 Å². The van der Waals surface area contributed by atoms with Gasteiger partial charge in [0.2, 0.25) is 0 Å². The number of hydrogen-bond donors (Lipinski definition) is 1. The first-order chi connectivity index (χ1) is 5.25. The van der Waals surface area contributed by atoms with Crippen molar-refractivity contribution in [3.8, 4) is 0 Å². The molecule has 0 atom stereocenters. The van der Waals surface area contributed by atoms with Crippen LogP contribution in [0.2, 0.25) is 0 Å². The van der Waals surface area contributed by atoms with Crippen molar-refractivity contribution in [2.45, 2.75) is 19.8 Å². The van der Waals surface area contributed by atoms with Crippen LogP contribution in [0.1, 0.15) is 25.5 Å². The maximum Gasteiger partial charge on any atom is 0.115 e. The third-order valence-corrected chi connectivity index (χ3v) is 1.60. The minimum absolute atomic E-state index is 0.360. The standard InChI is InChI=1S/C7H10ClN3/c1-5(2)7-6(11-8)3-9-4-10-7/h3-5,11H,1-2H3. The molecule has 1 rings (SSSR count). The van der Waals surface area contributed by atoms with E-state index in [1.54, 1.807) is 6.20 Å². The lowest BCUT2D eigenvalue weighted by molar-refractivity contribution is 0.818. The van der Waals surface area contributed by atoms with E-state index in [2.05, 4.69) is 28.7 Å². The van der Waals surface area contributed by atoms with Gasteiger partial charge in [0, 0.05) is 11.8 Å². The normalized spacial score (nSPS) is 10.2. The van der Waals surface area contributed by atoms with Gasteiger partial charge in [-0.2, -0.15) is 0 Å². The van der Waals surface area contributed by atoms with Crippen LogP contribution in [0.4, 0.5) is 5.69 Å². The SMILES string of the molecule is CC(C)c1ncncc1NCl. The van der Waals surface area contributed by atoms with Crippen LogP contribution in [0.25, 0.3) is 0 Å². The predicted octanol–water partition coefficient (Wildman–Crippen LogP) is 2.17. The zero-order chi connectivity index (χ0) is 8.27. The van der Waals surface area contributed by atoms with Gasteiger partial charge >= 0.3 is 0 Å². The van der Waals surface area contributed by atoms with Gasteiger partial charge in [0.15, 0.2) is 0 Å². The Morgan fingerprint density at radius 2 is 2.27 bits per heavy atom. The van der Waals surface area contributed by atoms with Crippen LogP contribution in [0.15, 0.2) is 12.5 Å². The zero-order valence-electron chi connectivity index (χ0n) is 6.50. The number of anilines is 1. The molecule has 11 heavy (non-hydrogen) atoms. The molecule has 1 heterocycles. The molecule has 0 radical (unpaired) electrons. The average Bonchev–Trinajstić information content (AvgIpc) is 2.04. The number of nitrogens with one attached hydrogen (secondary N) is 1. The maximum absolute atomic E-state index is 5.45. The Morgan fingerprint density at radius 1 is 1.55 bits per heavy atom. The lowest BCUT2D eigenvalue weighted by Crippen LogP contribution is -1.97. The number of rotatable bonds is 2. The van der Waals surface area contributed by atoms with E-state index in [1.807, 2.05) is 0 Å². The number of nitrogens with zero attached hydrogens (tertiary/aromatic N) is 2. The number of hydrogen-bond acceptors (Lipinski definition) is 3. The van der Waals surface area contributed by atoms with Crippen molar-refractivity contribution >= 4 is 17.5 Å². The van der Waals surface area contributed by atoms with Crippen LogP contribution in [0, 0.1) is 0 Å². The summed E-state index contributed by atoms with van der Waals surface area (Å²) in [6, 6.07) is 0. The summed E-state index contributed by atoms with van der Waals surface area (Å²) in [6.07, 6.45) is 3.18. The van der Waals surface area contributed by atoms with Gasteiger partial charge in [0.1, 0.15) is 6.33 Å². The highest BCUT2D eigenvalue weighted by Crippen LogP contribution is 2.20. The molecule has 0 unspecified atom stereocenters. The monoisotopic (exact) mass is 171 g/mol. The summed E-state index contributed by atoms with van der Waals surface area (Å²) < 4.78 is 0. The van der Waals surface area contributed by atoms with E-state index >= 15 is 0 Å². The van der Waals surface area contributed by atoms with Gasteiger partial charge in [-0.1, -0.05) is 13.8 Å². The molecule has 60 valence electrons. The third-order valence-electron chi connectivity index (χ3n) is 1.39. The first-order valence-corrected chi connectivity index (χ1v) is 3.80. The van der Waals surface area contributed by atoms with Gasteiger partial charge in [-0.05, 0) is 5.92 Å². The molecule has 0 bridgehead atoms. The average molecular weight is 172 g/mol. The van der Waals surface area contributed by atoms with Gasteiger partial charge in [-0.3, -0.25) is 4.84 Å². The third kappa shape index (κ3) is 1.80. The topological polar surface area (TPSA) is 37.8 Å². The molecule has 1 aromatic rings. The second-order valence-electron chi connectivity index (χ2n) is 2.57. The van der Waals surface area contributed by atoms with Crippen molar-refractivity contribution in [1.82, 2.24) is 9.97 Å². The van der Waals surface area contributed by atoms with Gasteiger partial charge in [0.05, 0.1) is 17.6 Å². The zero-order valence-corrected chi connectivity index (χ0v) is 7.26. The Bertz CT molecular complexity index is 237. The summed E-state index contributed by atoms with van der Waals surface area (Å²) in [5.74, 6) is 0.360. The van der Waals surface area contributed by atoms with E-state index in [0.29, 0.717) is 5.92 Å². The minimum atomic E-state index is 0.360. The van der Waals surface area contributed by atoms with Crippen molar-refractivity contribution in [3.05, 3.63) is 18.2 Å². The number of aromatic nitrogens is 2. The predicted molar refractivity (Wildman–Crippen MR) is 45.6 cm³/mol. The van der Waals surface area contributed by atoms with E-state index in [0.717, 1.165) is 11.4 Å². The second kappa shape index (κ2) is 3.53. The smallest absolute Gasteiger partial charge is 0.115 e. The Balaban J connectivity index is 3.02. The molecule has 0 aromatic carbocycles. The van der Waals surface area contributed by atoms with Crippen LogP contribution in [-0.2, 0) is 0 Å². The van der Waals surface area contributed by atoms with E-state index in [-0.39, 0.29) is 0 Å². The Kier molecular flexibility index (Phi) is 2.65. The van der Waals surface area contributed by atoms with Crippen LogP contribution in [-0.4, -0.2) is 9.97 Å². The second-order valence-corrected chi connectivity index (χ2v) is 2.76. The Hall–Kier alpha value is -0.830. The molecule has 3 nitrogen and oxygen atoms in total. The van der Waals surface area contributed by atoms with Gasteiger partial charge in [0.25, 0.3) is 0 Å². The maximum atomic E-state index is 5.45. The fourth-order valence-electron chi connectivity index (χ4n) is 0.872. The summed E-state index contributed by atoms with van der Waals surface area (Å²) in [7, 11) is 0. The molecule has 0 aliphatic carbocycles. The van der Waals surface area contributed by atoms with Gasteiger partial charge < -0.3 is 0 Å².